The number of para-hydroxylation sites is 1. The van der Waals surface area contributed by atoms with E-state index in [9.17, 15) is 0 Å². The third kappa shape index (κ3) is 2.76. The molecule has 19 heavy (non-hydrogen) atoms. The number of nitrogens with zero attached hydrogens (tertiary/aromatic N) is 1. The fourth-order valence-corrected chi connectivity index (χ4v) is 2.07. The largest absolute Gasteiger partial charge is 0.471 e. The summed E-state index contributed by atoms with van der Waals surface area (Å²) in [7, 11) is 0. The molecule has 3 rings (SSSR count). The van der Waals surface area contributed by atoms with Crippen molar-refractivity contribution in [1.82, 2.24) is 0 Å². The fourth-order valence-electron chi connectivity index (χ4n) is 2.07. The van der Waals surface area contributed by atoms with E-state index >= 15 is 0 Å². The molecule has 0 saturated carbocycles. The van der Waals surface area contributed by atoms with Crippen molar-refractivity contribution in [3.8, 4) is 11.5 Å². The first kappa shape index (κ1) is 11.8. The van der Waals surface area contributed by atoms with Crippen molar-refractivity contribution in [1.29, 1.82) is 0 Å². The summed E-state index contributed by atoms with van der Waals surface area (Å²) in [4.78, 5) is 4.26. The zero-order valence-corrected chi connectivity index (χ0v) is 10.7. The van der Waals surface area contributed by atoms with Crippen LogP contribution in [-0.2, 0) is 4.74 Å². The minimum Gasteiger partial charge on any atom is -0.471 e. The maximum atomic E-state index is 5.81. The Labute approximate surface area is 112 Å². The first-order chi connectivity index (χ1) is 9.31. The van der Waals surface area contributed by atoms with Gasteiger partial charge in [-0.15, -0.1) is 0 Å². The van der Waals surface area contributed by atoms with E-state index < -0.39 is 0 Å². The highest BCUT2D eigenvalue weighted by molar-refractivity contribution is 5.75. The summed E-state index contributed by atoms with van der Waals surface area (Å²) in [5.41, 5.74) is 1.09. The quantitative estimate of drug-likeness (QED) is 0.828. The maximum Gasteiger partial charge on any atom is 0.181 e. The Hall–Kier alpha value is -2.29. The van der Waals surface area contributed by atoms with Crippen molar-refractivity contribution in [3.05, 3.63) is 60.2 Å². The molecule has 1 atom stereocenters. The van der Waals surface area contributed by atoms with Crippen molar-refractivity contribution in [3.63, 3.8) is 0 Å². The van der Waals surface area contributed by atoms with Crippen LogP contribution in [0.4, 0.5) is 0 Å². The van der Waals surface area contributed by atoms with Gasteiger partial charge in [0.1, 0.15) is 17.6 Å². The molecule has 1 heterocycles. The van der Waals surface area contributed by atoms with Crippen LogP contribution in [0.5, 0.6) is 11.5 Å². The van der Waals surface area contributed by atoms with Crippen LogP contribution in [0.2, 0.25) is 0 Å². The Morgan fingerprint density at radius 3 is 2.58 bits per heavy atom. The van der Waals surface area contributed by atoms with Gasteiger partial charge in [-0.3, -0.25) is 4.99 Å². The van der Waals surface area contributed by atoms with E-state index in [1.165, 1.54) is 0 Å². The summed E-state index contributed by atoms with van der Waals surface area (Å²) >= 11 is 0. The molecule has 0 saturated heterocycles. The van der Waals surface area contributed by atoms with Crippen LogP contribution in [0.1, 0.15) is 18.6 Å². The monoisotopic (exact) mass is 253 g/mol. The summed E-state index contributed by atoms with van der Waals surface area (Å²) < 4.78 is 11.5. The molecule has 0 aliphatic carbocycles. The van der Waals surface area contributed by atoms with Crippen molar-refractivity contribution in [2.75, 3.05) is 6.54 Å². The second kappa shape index (κ2) is 5.14. The van der Waals surface area contributed by atoms with Crippen molar-refractivity contribution >= 4 is 5.90 Å². The van der Waals surface area contributed by atoms with Crippen LogP contribution in [0.3, 0.4) is 0 Å². The van der Waals surface area contributed by atoms with Gasteiger partial charge in [-0.2, -0.15) is 0 Å². The lowest BCUT2D eigenvalue weighted by molar-refractivity contribution is 0.227. The molecule has 3 nitrogen and oxygen atoms in total. The van der Waals surface area contributed by atoms with E-state index in [2.05, 4.69) is 4.99 Å². The van der Waals surface area contributed by atoms with E-state index in [-0.39, 0.29) is 6.10 Å². The topological polar surface area (TPSA) is 30.8 Å². The van der Waals surface area contributed by atoms with Gasteiger partial charge in [-0.05, 0) is 29.8 Å². The Bertz CT molecular complexity index is 593. The van der Waals surface area contributed by atoms with Crippen LogP contribution in [-0.4, -0.2) is 12.4 Å². The van der Waals surface area contributed by atoms with Gasteiger partial charge >= 0.3 is 0 Å². The standard InChI is InChI=1S/C16H15NO2/c1-12-17-11-16(18-12)13-6-5-9-15(10-13)19-14-7-3-2-4-8-14/h2-10,16H,11H2,1H3. The van der Waals surface area contributed by atoms with Gasteiger partial charge in [-0.1, -0.05) is 30.3 Å². The summed E-state index contributed by atoms with van der Waals surface area (Å²) in [6.45, 7) is 2.56. The van der Waals surface area contributed by atoms with E-state index in [4.69, 9.17) is 9.47 Å². The Morgan fingerprint density at radius 2 is 1.84 bits per heavy atom. The second-order valence-corrected chi connectivity index (χ2v) is 4.45. The van der Waals surface area contributed by atoms with Crippen molar-refractivity contribution < 1.29 is 9.47 Å². The maximum absolute atomic E-state index is 5.81. The normalized spacial score (nSPS) is 17.7. The van der Waals surface area contributed by atoms with E-state index in [1.54, 1.807) is 0 Å². The lowest BCUT2D eigenvalue weighted by Crippen LogP contribution is -2.02. The fraction of sp³-hybridized carbons (Fsp3) is 0.188. The van der Waals surface area contributed by atoms with E-state index in [0.29, 0.717) is 6.54 Å². The van der Waals surface area contributed by atoms with Crippen molar-refractivity contribution in [2.24, 2.45) is 4.99 Å². The Morgan fingerprint density at radius 1 is 1.05 bits per heavy atom. The highest BCUT2D eigenvalue weighted by Crippen LogP contribution is 2.28. The smallest absolute Gasteiger partial charge is 0.181 e. The average molecular weight is 253 g/mol. The summed E-state index contributed by atoms with van der Waals surface area (Å²) in [5.74, 6) is 2.40. The van der Waals surface area contributed by atoms with Crippen LogP contribution >= 0.6 is 0 Å². The number of hydrogen-bond acceptors (Lipinski definition) is 3. The van der Waals surface area contributed by atoms with Crippen LogP contribution in [0, 0.1) is 0 Å². The molecule has 1 aliphatic rings. The van der Waals surface area contributed by atoms with Gasteiger partial charge in [0.25, 0.3) is 0 Å². The third-order valence-electron chi connectivity index (χ3n) is 3.00. The summed E-state index contributed by atoms with van der Waals surface area (Å²) in [6.07, 6.45) is 0.0133. The third-order valence-corrected chi connectivity index (χ3v) is 3.00. The molecule has 1 aliphatic heterocycles. The van der Waals surface area contributed by atoms with Gasteiger partial charge < -0.3 is 9.47 Å². The number of benzene rings is 2. The predicted molar refractivity (Wildman–Crippen MR) is 74.8 cm³/mol. The molecule has 0 bridgehead atoms. The molecule has 1 unspecified atom stereocenters. The molecule has 0 aromatic heterocycles. The lowest BCUT2D eigenvalue weighted by Gasteiger charge is -2.12. The molecular weight excluding hydrogens is 238 g/mol. The SMILES string of the molecule is CC1=NCC(c2cccc(Oc3ccccc3)c2)O1. The minimum atomic E-state index is 0.0133. The molecular formula is C16H15NO2. The van der Waals surface area contributed by atoms with Gasteiger partial charge in [0.05, 0.1) is 6.54 Å². The number of ether oxygens (including phenoxy) is 2. The van der Waals surface area contributed by atoms with Crippen LogP contribution < -0.4 is 4.74 Å². The molecule has 0 spiro atoms. The number of hydrogen-bond donors (Lipinski definition) is 0. The Balaban J connectivity index is 1.77. The average Bonchev–Trinajstić information content (AvgIpc) is 2.87. The van der Waals surface area contributed by atoms with Gasteiger partial charge in [0.2, 0.25) is 0 Å². The molecule has 2 aromatic rings. The first-order valence-corrected chi connectivity index (χ1v) is 6.32. The molecule has 0 amide bonds. The number of rotatable bonds is 3. The molecule has 3 heteroatoms. The number of aliphatic imine (C=N–C) groups is 1. The molecule has 0 fully saturated rings. The molecule has 2 aromatic carbocycles. The zero-order valence-electron chi connectivity index (χ0n) is 10.7. The summed E-state index contributed by atoms with van der Waals surface area (Å²) in [5, 5.41) is 0. The second-order valence-electron chi connectivity index (χ2n) is 4.45. The molecule has 0 radical (unpaired) electrons. The van der Waals surface area contributed by atoms with Gasteiger partial charge in [-0.25, -0.2) is 0 Å². The predicted octanol–water partition coefficient (Wildman–Crippen LogP) is 3.97. The first-order valence-electron chi connectivity index (χ1n) is 6.32. The van der Waals surface area contributed by atoms with Gasteiger partial charge in [0, 0.05) is 6.92 Å². The minimum absolute atomic E-state index is 0.0133. The Kier molecular flexibility index (Phi) is 3.19. The highest BCUT2D eigenvalue weighted by atomic mass is 16.5. The van der Waals surface area contributed by atoms with E-state index in [0.717, 1.165) is 23.0 Å². The molecule has 96 valence electrons. The van der Waals surface area contributed by atoms with E-state index in [1.807, 2.05) is 61.5 Å². The van der Waals surface area contributed by atoms with Crippen LogP contribution in [0.15, 0.2) is 59.6 Å². The van der Waals surface area contributed by atoms with Crippen molar-refractivity contribution in [2.45, 2.75) is 13.0 Å². The summed E-state index contributed by atoms with van der Waals surface area (Å²) in [6, 6.07) is 17.7. The van der Waals surface area contributed by atoms with Crippen LogP contribution in [0.25, 0.3) is 0 Å². The zero-order chi connectivity index (χ0) is 13.1. The van der Waals surface area contributed by atoms with Gasteiger partial charge in [0.15, 0.2) is 5.90 Å². The molecule has 0 N–H and O–H groups in total. The highest BCUT2D eigenvalue weighted by Gasteiger charge is 2.19. The lowest BCUT2D eigenvalue weighted by atomic mass is 10.1.